The van der Waals surface area contributed by atoms with Crippen molar-refractivity contribution in [3.63, 3.8) is 0 Å². The van der Waals surface area contributed by atoms with Crippen LogP contribution in [0.15, 0.2) is 47.3 Å². The van der Waals surface area contributed by atoms with Crippen molar-refractivity contribution < 1.29 is 0 Å². The van der Waals surface area contributed by atoms with Crippen LogP contribution in [0.5, 0.6) is 0 Å². The molecule has 0 saturated carbocycles. The Morgan fingerprint density at radius 3 is 2.22 bits per heavy atom. The van der Waals surface area contributed by atoms with E-state index in [0.717, 1.165) is 37.7 Å². The highest BCUT2D eigenvalue weighted by atomic mass is 35.5. The predicted octanol–water partition coefficient (Wildman–Crippen LogP) is 3.55. The van der Waals surface area contributed by atoms with Crippen molar-refractivity contribution in [2.24, 2.45) is 0 Å². The molecule has 0 unspecified atom stereocenters. The van der Waals surface area contributed by atoms with Crippen molar-refractivity contribution in [1.82, 2.24) is 19.8 Å². The number of aromatic amines is 1. The van der Waals surface area contributed by atoms with Crippen LogP contribution >= 0.6 is 23.2 Å². The Morgan fingerprint density at radius 2 is 1.52 bits per heavy atom. The van der Waals surface area contributed by atoms with Crippen molar-refractivity contribution in [3.05, 3.63) is 74.3 Å². The molecule has 1 aliphatic rings. The summed E-state index contributed by atoms with van der Waals surface area (Å²) in [4.78, 5) is 24.5. The molecule has 1 aromatic heterocycles. The molecule has 1 aliphatic heterocycles. The van der Waals surface area contributed by atoms with E-state index < -0.39 is 0 Å². The van der Waals surface area contributed by atoms with Crippen LogP contribution in [0.25, 0.3) is 10.9 Å². The first-order valence-corrected chi connectivity index (χ1v) is 9.70. The lowest BCUT2D eigenvalue weighted by Gasteiger charge is -2.34. The van der Waals surface area contributed by atoms with Crippen LogP contribution in [0.1, 0.15) is 11.4 Å². The zero-order chi connectivity index (χ0) is 18.8. The fourth-order valence-corrected chi connectivity index (χ4v) is 3.70. The molecular weight excluding hydrogens is 383 g/mol. The van der Waals surface area contributed by atoms with Gasteiger partial charge < -0.3 is 4.98 Å². The summed E-state index contributed by atoms with van der Waals surface area (Å²) >= 11 is 11.9. The number of fused-ring (bicyclic) bond motifs is 1. The highest BCUT2D eigenvalue weighted by molar-refractivity contribution is 6.31. The molecule has 0 spiro atoms. The standard InChI is InChI=1S/C20H20Cl2N4O/c21-15-3-1-14(2-4-15)12-25-7-9-26(10-8-25)13-19-23-18-6-5-16(22)11-17(18)20(27)24-19/h1-6,11H,7-10,12-13H2,(H,23,24,27). The first-order valence-electron chi connectivity index (χ1n) is 8.94. The second-order valence-corrected chi connectivity index (χ2v) is 7.73. The Morgan fingerprint density at radius 1 is 0.889 bits per heavy atom. The van der Waals surface area contributed by atoms with Crippen LogP contribution in [0.4, 0.5) is 0 Å². The maximum Gasteiger partial charge on any atom is 0.258 e. The average Bonchev–Trinajstić information content (AvgIpc) is 2.66. The zero-order valence-corrected chi connectivity index (χ0v) is 16.3. The number of H-pyrrole nitrogens is 1. The molecule has 4 rings (SSSR count). The van der Waals surface area contributed by atoms with Crippen molar-refractivity contribution in [2.75, 3.05) is 26.2 Å². The molecule has 140 valence electrons. The van der Waals surface area contributed by atoms with Gasteiger partial charge in [0.05, 0.1) is 17.4 Å². The lowest BCUT2D eigenvalue weighted by molar-refractivity contribution is 0.120. The predicted molar refractivity (Wildman–Crippen MR) is 109 cm³/mol. The van der Waals surface area contributed by atoms with E-state index in [1.807, 2.05) is 12.1 Å². The van der Waals surface area contributed by atoms with E-state index in [9.17, 15) is 4.79 Å². The van der Waals surface area contributed by atoms with E-state index in [0.29, 0.717) is 28.3 Å². The van der Waals surface area contributed by atoms with Gasteiger partial charge >= 0.3 is 0 Å². The van der Waals surface area contributed by atoms with Crippen molar-refractivity contribution in [1.29, 1.82) is 0 Å². The van der Waals surface area contributed by atoms with Gasteiger partial charge in [-0.3, -0.25) is 14.6 Å². The third-order valence-electron chi connectivity index (χ3n) is 4.87. The van der Waals surface area contributed by atoms with Crippen molar-refractivity contribution >= 4 is 34.1 Å². The fourth-order valence-electron chi connectivity index (χ4n) is 3.40. The molecule has 1 N–H and O–H groups in total. The van der Waals surface area contributed by atoms with Crippen molar-refractivity contribution in [2.45, 2.75) is 13.1 Å². The Labute approximate surface area is 167 Å². The SMILES string of the molecule is O=c1[nH]c(CN2CCN(Cc3ccc(Cl)cc3)CC2)nc2ccc(Cl)cc12. The molecule has 0 amide bonds. The number of aromatic nitrogens is 2. The molecule has 5 nitrogen and oxygen atoms in total. The maximum atomic E-state index is 12.3. The summed E-state index contributed by atoms with van der Waals surface area (Å²) in [6.45, 7) is 5.41. The molecule has 3 aromatic rings. The molecule has 2 heterocycles. The molecule has 1 fully saturated rings. The summed E-state index contributed by atoms with van der Waals surface area (Å²) < 4.78 is 0. The number of benzene rings is 2. The number of nitrogens with one attached hydrogen (secondary N) is 1. The van der Waals surface area contributed by atoms with Crippen molar-refractivity contribution in [3.8, 4) is 0 Å². The summed E-state index contributed by atoms with van der Waals surface area (Å²) in [6.07, 6.45) is 0. The van der Waals surface area contributed by atoms with E-state index in [4.69, 9.17) is 23.2 Å². The highest BCUT2D eigenvalue weighted by Gasteiger charge is 2.18. The summed E-state index contributed by atoms with van der Waals surface area (Å²) in [6, 6.07) is 13.2. The summed E-state index contributed by atoms with van der Waals surface area (Å²) in [5.41, 5.74) is 1.81. The van der Waals surface area contributed by atoms with Crippen LogP contribution in [-0.4, -0.2) is 45.9 Å². The monoisotopic (exact) mass is 402 g/mol. The second kappa shape index (κ2) is 7.98. The van der Waals surface area contributed by atoms with Gasteiger partial charge in [-0.1, -0.05) is 35.3 Å². The van der Waals surface area contributed by atoms with Gasteiger partial charge in [0.15, 0.2) is 0 Å². The normalized spacial score (nSPS) is 16.1. The van der Waals surface area contributed by atoms with Crippen LogP contribution in [0, 0.1) is 0 Å². The van der Waals surface area contributed by atoms with Gasteiger partial charge in [0.1, 0.15) is 5.82 Å². The number of piperazine rings is 1. The molecule has 0 aliphatic carbocycles. The minimum atomic E-state index is -0.140. The van der Waals surface area contributed by atoms with Crippen LogP contribution in [0.3, 0.4) is 0 Å². The Kier molecular flexibility index (Phi) is 5.45. The molecule has 27 heavy (non-hydrogen) atoms. The third-order valence-corrected chi connectivity index (χ3v) is 5.36. The van der Waals surface area contributed by atoms with Gasteiger partial charge in [0.25, 0.3) is 5.56 Å². The molecular formula is C20H20Cl2N4O. The van der Waals surface area contributed by atoms with E-state index in [2.05, 4.69) is 31.9 Å². The van der Waals surface area contributed by atoms with Gasteiger partial charge in [-0.05, 0) is 35.9 Å². The van der Waals surface area contributed by atoms with Gasteiger partial charge in [-0.2, -0.15) is 0 Å². The fraction of sp³-hybridized carbons (Fsp3) is 0.300. The molecule has 7 heteroatoms. The van der Waals surface area contributed by atoms with Gasteiger partial charge in [0, 0.05) is 42.8 Å². The lowest BCUT2D eigenvalue weighted by atomic mass is 10.2. The smallest absolute Gasteiger partial charge is 0.258 e. The third kappa shape index (κ3) is 4.50. The molecule has 2 aromatic carbocycles. The summed E-state index contributed by atoms with van der Waals surface area (Å²) in [5, 5.41) is 1.83. The Hall–Kier alpha value is -1.92. The van der Waals surface area contributed by atoms with E-state index in [1.54, 1.807) is 18.2 Å². The quantitative estimate of drug-likeness (QED) is 0.724. The first kappa shape index (κ1) is 18.4. The average molecular weight is 403 g/mol. The highest BCUT2D eigenvalue weighted by Crippen LogP contribution is 2.16. The number of hydrogen-bond donors (Lipinski definition) is 1. The van der Waals surface area contributed by atoms with Gasteiger partial charge in [0.2, 0.25) is 0 Å². The lowest BCUT2D eigenvalue weighted by Crippen LogP contribution is -2.45. The van der Waals surface area contributed by atoms with Crippen LogP contribution < -0.4 is 5.56 Å². The summed E-state index contributed by atoms with van der Waals surface area (Å²) in [7, 11) is 0. The Balaban J connectivity index is 1.37. The van der Waals surface area contributed by atoms with E-state index in [1.165, 1.54) is 5.56 Å². The first-order chi connectivity index (χ1) is 13.1. The number of hydrogen-bond acceptors (Lipinski definition) is 4. The maximum absolute atomic E-state index is 12.3. The largest absolute Gasteiger partial charge is 0.309 e. The van der Waals surface area contributed by atoms with Gasteiger partial charge in [-0.15, -0.1) is 0 Å². The molecule has 0 radical (unpaired) electrons. The molecule has 0 bridgehead atoms. The van der Waals surface area contributed by atoms with E-state index >= 15 is 0 Å². The topological polar surface area (TPSA) is 52.2 Å². The Bertz CT molecular complexity index is 995. The molecule has 0 atom stereocenters. The second-order valence-electron chi connectivity index (χ2n) is 6.85. The minimum absolute atomic E-state index is 0.140. The number of halogens is 2. The van der Waals surface area contributed by atoms with Gasteiger partial charge in [-0.25, -0.2) is 4.98 Å². The molecule has 1 saturated heterocycles. The zero-order valence-electron chi connectivity index (χ0n) is 14.8. The minimum Gasteiger partial charge on any atom is -0.309 e. The van der Waals surface area contributed by atoms with Crippen LogP contribution in [-0.2, 0) is 13.1 Å². The summed E-state index contributed by atoms with van der Waals surface area (Å²) in [5.74, 6) is 0.695. The number of nitrogens with zero attached hydrogens (tertiary/aromatic N) is 3. The van der Waals surface area contributed by atoms with E-state index in [-0.39, 0.29) is 5.56 Å². The van der Waals surface area contributed by atoms with Crippen LogP contribution in [0.2, 0.25) is 10.0 Å². The number of rotatable bonds is 4.